The van der Waals surface area contributed by atoms with Crippen molar-refractivity contribution in [1.82, 2.24) is 4.57 Å². The average Bonchev–Trinajstić information content (AvgIpc) is 2.88. The number of nitrogens with one attached hydrogen (secondary N) is 1. The van der Waals surface area contributed by atoms with Crippen molar-refractivity contribution in [3.8, 4) is 5.75 Å². The van der Waals surface area contributed by atoms with Gasteiger partial charge >= 0.3 is 0 Å². The number of aromatic nitrogens is 1. The van der Waals surface area contributed by atoms with Crippen LogP contribution < -0.4 is 15.8 Å². The van der Waals surface area contributed by atoms with Gasteiger partial charge in [0.05, 0.1) is 0 Å². The molecule has 112 valence electrons. The van der Waals surface area contributed by atoms with Crippen LogP contribution in [0.5, 0.6) is 5.75 Å². The Hall–Kier alpha value is -1.79. The molecule has 1 amide bonds. The first kappa shape index (κ1) is 15.6. The van der Waals surface area contributed by atoms with Crippen molar-refractivity contribution in [2.45, 2.75) is 13.5 Å². The number of aryl methyl sites for hydroxylation is 1. The molecule has 0 aliphatic heterocycles. The first-order chi connectivity index (χ1) is 10.1. The van der Waals surface area contributed by atoms with E-state index in [0.717, 1.165) is 22.5 Å². The third kappa shape index (κ3) is 4.09. The molecular weight excluding hydrogens is 334 g/mol. The number of nitrogens with two attached hydrogens (primary N) is 1. The Labute approximate surface area is 132 Å². The molecule has 0 aliphatic carbocycles. The smallest absolute Gasteiger partial charge is 0.272 e. The van der Waals surface area contributed by atoms with Crippen molar-refractivity contribution in [2.24, 2.45) is 5.73 Å². The van der Waals surface area contributed by atoms with Gasteiger partial charge in [-0.15, -0.1) is 0 Å². The van der Waals surface area contributed by atoms with Gasteiger partial charge in [-0.25, -0.2) is 0 Å². The van der Waals surface area contributed by atoms with Gasteiger partial charge in [0.25, 0.3) is 5.91 Å². The van der Waals surface area contributed by atoms with Crippen molar-refractivity contribution in [2.75, 3.05) is 18.5 Å². The average molecular weight is 352 g/mol. The maximum absolute atomic E-state index is 12.3. The number of ether oxygens (including phenoxy) is 1. The van der Waals surface area contributed by atoms with Gasteiger partial charge in [0.1, 0.15) is 18.1 Å². The molecule has 21 heavy (non-hydrogen) atoms. The van der Waals surface area contributed by atoms with Crippen LogP contribution in [-0.4, -0.2) is 23.6 Å². The Balaban J connectivity index is 2.05. The van der Waals surface area contributed by atoms with E-state index in [2.05, 4.69) is 21.2 Å². The number of carbonyl (C=O) groups is 1. The van der Waals surface area contributed by atoms with Crippen LogP contribution in [0.15, 0.2) is 41.0 Å². The van der Waals surface area contributed by atoms with Crippen molar-refractivity contribution in [3.05, 3.63) is 46.7 Å². The first-order valence-corrected chi connectivity index (χ1v) is 7.53. The minimum atomic E-state index is -0.141. The molecule has 0 radical (unpaired) electrons. The van der Waals surface area contributed by atoms with E-state index < -0.39 is 0 Å². The summed E-state index contributed by atoms with van der Waals surface area (Å²) in [5, 5.41) is 2.87. The lowest BCUT2D eigenvalue weighted by atomic mass is 10.3. The number of nitrogens with zero attached hydrogens (tertiary/aromatic N) is 1. The van der Waals surface area contributed by atoms with Gasteiger partial charge in [-0.3, -0.25) is 4.79 Å². The molecule has 0 unspecified atom stereocenters. The number of hydrogen-bond donors (Lipinski definition) is 2. The summed E-state index contributed by atoms with van der Waals surface area (Å²) >= 11 is 3.38. The summed E-state index contributed by atoms with van der Waals surface area (Å²) in [6.07, 6.45) is 1.89. The number of anilines is 1. The number of hydrogen-bond acceptors (Lipinski definition) is 3. The minimum absolute atomic E-state index is 0.141. The van der Waals surface area contributed by atoms with E-state index in [-0.39, 0.29) is 5.91 Å². The molecule has 6 heteroatoms. The highest BCUT2D eigenvalue weighted by molar-refractivity contribution is 9.10. The molecule has 0 saturated heterocycles. The fourth-order valence-corrected chi connectivity index (χ4v) is 2.40. The second kappa shape index (κ2) is 7.28. The summed E-state index contributed by atoms with van der Waals surface area (Å²) in [6.45, 7) is 3.68. The largest absolute Gasteiger partial charge is 0.492 e. The molecule has 5 nitrogen and oxygen atoms in total. The highest BCUT2D eigenvalue weighted by Crippen LogP contribution is 2.19. The quantitative estimate of drug-likeness (QED) is 0.840. The zero-order valence-corrected chi connectivity index (χ0v) is 13.4. The van der Waals surface area contributed by atoms with Gasteiger partial charge in [-0.1, -0.05) is 0 Å². The van der Waals surface area contributed by atoms with Gasteiger partial charge in [0, 0.05) is 29.4 Å². The summed E-state index contributed by atoms with van der Waals surface area (Å²) in [4.78, 5) is 12.3. The third-order valence-electron chi connectivity index (χ3n) is 2.94. The molecule has 0 atom stereocenters. The monoisotopic (exact) mass is 351 g/mol. The topological polar surface area (TPSA) is 69.3 Å². The second-order valence-electron chi connectivity index (χ2n) is 4.45. The van der Waals surface area contributed by atoms with Crippen LogP contribution in [0.25, 0.3) is 0 Å². The van der Waals surface area contributed by atoms with E-state index in [1.165, 1.54) is 0 Å². The summed E-state index contributed by atoms with van der Waals surface area (Å²) < 4.78 is 8.17. The molecule has 0 bridgehead atoms. The van der Waals surface area contributed by atoms with E-state index >= 15 is 0 Å². The van der Waals surface area contributed by atoms with Crippen LogP contribution in [0, 0.1) is 0 Å². The standard InChI is InChI=1S/C15H18BrN3O2/c1-2-19-10-11(16)9-14(19)15(20)18-12-3-5-13(6-4-12)21-8-7-17/h3-6,9-10H,2,7-8,17H2,1H3,(H,18,20). The molecule has 1 aromatic heterocycles. The summed E-state index contributed by atoms with van der Waals surface area (Å²) in [5.74, 6) is 0.594. The molecule has 0 spiro atoms. The maximum atomic E-state index is 12.3. The van der Waals surface area contributed by atoms with Gasteiger partial charge in [-0.2, -0.15) is 0 Å². The zero-order valence-electron chi connectivity index (χ0n) is 11.8. The molecule has 2 rings (SSSR count). The van der Waals surface area contributed by atoms with Gasteiger partial charge in [0.2, 0.25) is 0 Å². The third-order valence-corrected chi connectivity index (χ3v) is 3.37. The Morgan fingerprint density at radius 2 is 2.10 bits per heavy atom. The van der Waals surface area contributed by atoms with Gasteiger partial charge in [-0.05, 0) is 53.2 Å². The van der Waals surface area contributed by atoms with Crippen molar-refractivity contribution in [3.63, 3.8) is 0 Å². The van der Waals surface area contributed by atoms with E-state index in [9.17, 15) is 4.79 Å². The molecular formula is C15H18BrN3O2. The van der Waals surface area contributed by atoms with Gasteiger partial charge < -0.3 is 20.4 Å². The molecule has 2 aromatic rings. The molecule has 3 N–H and O–H groups in total. The van der Waals surface area contributed by atoms with Crippen LogP contribution in [0.3, 0.4) is 0 Å². The summed E-state index contributed by atoms with van der Waals surface area (Å²) in [5.41, 5.74) is 6.72. The first-order valence-electron chi connectivity index (χ1n) is 6.74. The zero-order chi connectivity index (χ0) is 15.2. The lowest BCUT2D eigenvalue weighted by Gasteiger charge is -2.09. The van der Waals surface area contributed by atoms with E-state index in [4.69, 9.17) is 10.5 Å². The second-order valence-corrected chi connectivity index (χ2v) is 5.36. The van der Waals surface area contributed by atoms with Crippen LogP contribution in [0.4, 0.5) is 5.69 Å². The number of benzene rings is 1. The summed E-state index contributed by atoms with van der Waals surface area (Å²) in [6, 6.07) is 9.02. The van der Waals surface area contributed by atoms with E-state index in [1.54, 1.807) is 30.3 Å². The SMILES string of the molecule is CCn1cc(Br)cc1C(=O)Nc1ccc(OCCN)cc1. The molecule has 1 heterocycles. The maximum Gasteiger partial charge on any atom is 0.272 e. The number of halogens is 1. The molecule has 0 saturated carbocycles. The normalized spacial score (nSPS) is 10.4. The summed E-state index contributed by atoms with van der Waals surface area (Å²) in [7, 11) is 0. The van der Waals surface area contributed by atoms with Crippen molar-refractivity contribution in [1.29, 1.82) is 0 Å². The van der Waals surface area contributed by atoms with Gasteiger partial charge in [0.15, 0.2) is 0 Å². The highest BCUT2D eigenvalue weighted by atomic mass is 79.9. The van der Waals surface area contributed by atoms with Crippen LogP contribution in [0.2, 0.25) is 0 Å². The van der Waals surface area contributed by atoms with Crippen LogP contribution in [0.1, 0.15) is 17.4 Å². The number of rotatable bonds is 6. The molecule has 0 aliphatic rings. The number of amides is 1. The van der Waals surface area contributed by atoms with Crippen molar-refractivity contribution < 1.29 is 9.53 Å². The van der Waals surface area contributed by atoms with Crippen LogP contribution in [-0.2, 0) is 6.54 Å². The van der Waals surface area contributed by atoms with E-state index in [0.29, 0.717) is 18.8 Å². The highest BCUT2D eigenvalue weighted by Gasteiger charge is 2.12. The Morgan fingerprint density at radius 1 is 1.38 bits per heavy atom. The Morgan fingerprint density at radius 3 is 2.71 bits per heavy atom. The van der Waals surface area contributed by atoms with Crippen LogP contribution >= 0.6 is 15.9 Å². The predicted octanol–water partition coefficient (Wildman–Crippen LogP) is 2.86. The molecule has 0 fully saturated rings. The van der Waals surface area contributed by atoms with E-state index in [1.807, 2.05) is 17.7 Å². The van der Waals surface area contributed by atoms with Crippen molar-refractivity contribution >= 4 is 27.5 Å². The fourth-order valence-electron chi connectivity index (χ4n) is 1.93. The lowest BCUT2D eigenvalue weighted by Crippen LogP contribution is -2.16. The lowest BCUT2D eigenvalue weighted by molar-refractivity contribution is 0.101. The fraction of sp³-hybridized carbons (Fsp3) is 0.267. The number of carbonyl (C=O) groups excluding carboxylic acids is 1. The Kier molecular flexibility index (Phi) is 5.41. The Bertz CT molecular complexity index is 608. The molecule has 1 aromatic carbocycles. The predicted molar refractivity (Wildman–Crippen MR) is 86.8 cm³/mol. The minimum Gasteiger partial charge on any atom is -0.492 e.